The molecule has 106 valence electrons. The molecule has 0 saturated carbocycles. The van der Waals surface area contributed by atoms with Crippen molar-refractivity contribution in [2.75, 3.05) is 27.2 Å². The number of hydrogen-bond donors (Lipinski definition) is 1. The third kappa shape index (κ3) is 3.71. The Hall–Kier alpha value is -1.06. The molecule has 0 aliphatic carbocycles. The highest BCUT2D eigenvalue weighted by Crippen LogP contribution is 2.25. The third-order valence-electron chi connectivity index (χ3n) is 4.17. The smallest absolute Gasteiger partial charge is 0.124 e. The van der Waals surface area contributed by atoms with Gasteiger partial charge >= 0.3 is 0 Å². The summed E-state index contributed by atoms with van der Waals surface area (Å²) in [4.78, 5) is 2.42. The molecule has 0 amide bonds. The molecule has 2 rings (SSSR count). The van der Waals surface area contributed by atoms with Crippen LogP contribution in [0.25, 0.3) is 0 Å². The molecule has 0 bridgehead atoms. The minimum absolute atomic E-state index is 0.320. The normalized spacial score (nSPS) is 22.2. The van der Waals surface area contributed by atoms with Gasteiger partial charge in [0.1, 0.15) is 12.4 Å². The van der Waals surface area contributed by atoms with E-state index in [1.165, 1.54) is 31.4 Å². The summed E-state index contributed by atoms with van der Waals surface area (Å²) in [5, 5.41) is 3.28. The standard InChI is InChI=1S/C16H26N2O/c1-13(17-2)15-9-4-5-10-16(15)19-12-14-8-6-7-11-18(14)3/h4-5,9-10,13-14,17H,6-8,11-12H2,1-3H3. The molecule has 1 aromatic carbocycles. The Morgan fingerprint density at radius 1 is 1.37 bits per heavy atom. The first-order valence-electron chi connectivity index (χ1n) is 7.31. The molecule has 0 aromatic heterocycles. The summed E-state index contributed by atoms with van der Waals surface area (Å²) in [7, 11) is 4.19. The highest BCUT2D eigenvalue weighted by atomic mass is 16.5. The second-order valence-electron chi connectivity index (χ2n) is 5.49. The number of para-hydroxylation sites is 1. The molecule has 1 heterocycles. The van der Waals surface area contributed by atoms with E-state index < -0.39 is 0 Å². The maximum absolute atomic E-state index is 6.09. The van der Waals surface area contributed by atoms with Crippen LogP contribution >= 0.6 is 0 Å². The van der Waals surface area contributed by atoms with Gasteiger partial charge in [0.25, 0.3) is 0 Å². The predicted octanol–water partition coefficient (Wildman–Crippen LogP) is 2.83. The largest absolute Gasteiger partial charge is 0.492 e. The lowest BCUT2D eigenvalue weighted by molar-refractivity contribution is 0.124. The minimum Gasteiger partial charge on any atom is -0.492 e. The molecule has 1 saturated heterocycles. The van der Waals surface area contributed by atoms with E-state index in [1.807, 2.05) is 13.1 Å². The van der Waals surface area contributed by atoms with Crippen molar-refractivity contribution < 1.29 is 4.74 Å². The Morgan fingerprint density at radius 3 is 2.89 bits per heavy atom. The van der Waals surface area contributed by atoms with E-state index in [4.69, 9.17) is 4.74 Å². The summed E-state index contributed by atoms with van der Waals surface area (Å²) in [6.45, 7) is 4.15. The topological polar surface area (TPSA) is 24.5 Å². The molecule has 2 unspecified atom stereocenters. The van der Waals surface area contributed by atoms with Gasteiger partial charge in [0.15, 0.2) is 0 Å². The number of piperidine rings is 1. The van der Waals surface area contributed by atoms with Gasteiger partial charge in [-0.05, 0) is 46.5 Å². The molecule has 1 fully saturated rings. The molecule has 3 heteroatoms. The van der Waals surface area contributed by atoms with Crippen LogP contribution < -0.4 is 10.1 Å². The van der Waals surface area contributed by atoms with Crippen LogP contribution in [-0.2, 0) is 0 Å². The van der Waals surface area contributed by atoms with Crippen molar-refractivity contribution in [3.63, 3.8) is 0 Å². The zero-order chi connectivity index (χ0) is 13.7. The molecule has 1 aliphatic rings. The zero-order valence-electron chi connectivity index (χ0n) is 12.4. The van der Waals surface area contributed by atoms with Gasteiger partial charge in [0.2, 0.25) is 0 Å². The number of likely N-dealkylation sites (tertiary alicyclic amines) is 1. The highest BCUT2D eigenvalue weighted by Gasteiger charge is 2.20. The van der Waals surface area contributed by atoms with Gasteiger partial charge in [-0.1, -0.05) is 24.6 Å². The molecule has 0 radical (unpaired) electrons. The van der Waals surface area contributed by atoms with E-state index in [0.29, 0.717) is 12.1 Å². The van der Waals surface area contributed by atoms with E-state index in [2.05, 4.69) is 42.4 Å². The van der Waals surface area contributed by atoms with Crippen molar-refractivity contribution in [1.82, 2.24) is 10.2 Å². The summed E-state index contributed by atoms with van der Waals surface area (Å²) in [6, 6.07) is 9.22. The van der Waals surface area contributed by atoms with Gasteiger partial charge in [0.05, 0.1) is 0 Å². The summed E-state index contributed by atoms with van der Waals surface area (Å²) >= 11 is 0. The Morgan fingerprint density at radius 2 is 2.16 bits per heavy atom. The molecular formula is C16H26N2O. The third-order valence-corrected chi connectivity index (χ3v) is 4.17. The number of ether oxygens (including phenoxy) is 1. The highest BCUT2D eigenvalue weighted by molar-refractivity contribution is 5.35. The van der Waals surface area contributed by atoms with Crippen LogP contribution in [0.5, 0.6) is 5.75 Å². The van der Waals surface area contributed by atoms with Gasteiger partial charge < -0.3 is 15.0 Å². The van der Waals surface area contributed by atoms with E-state index in [-0.39, 0.29) is 0 Å². The number of hydrogen-bond acceptors (Lipinski definition) is 3. The fourth-order valence-corrected chi connectivity index (χ4v) is 2.67. The van der Waals surface area contributed by atoms with Crippen molar-refractivity contribution >= 4 is 0 Å². The van der Waals surface area contributed by atoms with Crippen LogP contribution in [0.1, 0.15) is 37.8 Å². The maximum Gasteiger partial charge on any atom is 0.124 e. The second kappa shape index (κ2) is 6.92. The Bertz CT molecular complexity index is 394. The van der Waals surface area contributed by atoms with Crippen molar-refractivity contribution in [2.24, 2.45) is 0 Å². The van der Waals surface area contributed by atoms with Crippen molar-refractivity contribution in [1.29, 1.82) is 0 Å². The monoisotopic (exact) mass is 262 g/mol. The average Bonchev–Trinajstić information content (AvgIpc) is 2.46. The first-order chi connectivity index (χ1) is 9.22. The lowest BCUT2D eigenvalue weighted by Gasteiger charge is -2.32. The quantitative estimate of drug-likeness (QED) is 0.883. The number of nitrogens with zero attached hydrogens (tertiary/aromatic N) is 1. The minimum atomic E-state index is 0.320. The number of nitrogens with one attached hydrogen (secondary N) is 1. The Kier molecular flexibility index (Phi) is 5.23. The van der Waals surface area contributed by atoms with Gasteiger partial charge in [-0.2, -0.15) is 0 Å². The summed E-state index contributed by atoms with van der Waals surface area (Å²) in [5.74, 6) is 1.02. The van der Waals surface area contributed by atoms with Gasteiger partial charge in [-0.3, -0.25) is 0 Å². The fraction of sp³-hybridized carbons (Fsp3) is 0.625. The van der Waals surface area contributed by atoms with Gasteiger partial charge in [-0.15, -0.1) is 0 Å². The lowest BCUT2D eigenvalue weighted by atomic mass is 10.0. The SMILES string of the molecule is CNC(C)c1ccccc1OCC1CCCCN1C. The van der Waals surface area contributed by atoms with E-state index in [0.717, 1.165) is 12.4 Å². The van der Waals surface area contributed by atoms with E-state index in [9.17, 15) is 0 Å². The fourth-order valence-electron chi connectivity index (χ4n) is 2.67. The first-order valence-corrected chi connectivity index (χ1v) is 7.31. The van der Waals surface area contributed by atoms with E-state index >= 15 is 0 Å². The van der Waals surface area contributed by atoms with Crippen molar-refractivity contribution in [3.05, 3.63) is 29.8 Å². The Balaban J connectivity index is 1.98. The average molecular weight is 262 g/mol. The molecule has 1 aliphatic heterocycles. The van der Waals surface area contributed by atoms with Crippen LogP contribution in [-0.4, -0.2) is 38.2 Å². The number of benzene rings is 1. The number of rotatable bonds is 5. The number of likely N-dealkylation sites (N-methyl/N-ethyl adjacent to an activating group) is 1. The second-order valence-corrected chi connectivity index (χ2v) is 5.49. The van der Waals surface area contributed by atoms with Crippen LogP contribution in [0.3, 0.4) is 0 Å². The first kappa shape index (κ1) is 14.4. The molecule has 2 atom stereocenters. The predicted molar refractivity (Wildman–Crippen MR) is 79.7 cm³/mol. The maximum atomic E-state index is 6.09. The van der Waals surface area contributed by atoms with Crippen LogP contribution in [0.15, 0.2) is 24.3 Å². The van der Waals surface area contributed by atoms with E-state index in [1.54, 1.807) is 0 Å². The van der Waals surface area contributed by atoms with Crippen molar-refractivity contribution in [3.8, 4) is 5.75 Å². The van der Waals surface area contributed by atoms with Gasteiger partial charge in [-0.25, -0.2) is 0 Å². The summed E-state index contributed by atoms with van der Waals surface area (Å²) in [6.07, 6.45) is 3.90. The van der Waals surface area contributed by atoms with Crippen LogP contribution in [0.4, 0.5) is 0 Å². The molecule has 3 nitrogen and oxygen atoms in total. The summed E-state index contributed by atoms with van der Waals surface area (Å²) < 4.78 is 6.09. The molecule has 0 spiro atoms. The Labute approximate surface area is 116 Å². The van der Waals surface area contributed by atoms with Crippen LogP contribution in [0, 0.1) is 0 Å². The van der Waals surface area contributed by atoms with Crippen LogP contribution in [0.2, 0.25) is 0 Å². The molecule has 1 N–H and O–H groups in total. The van der Waals surface area contributed by atoms with Crippen molar-refractivity contribution in [2.45, 2.75) is 38.3 Å². The van der Waals surface area contributed by atoms with Gasteiger partial charge in [0, 0.05) is 17.6 Å². The molecule has 1 aromatic rings. The molecule has 19 heavy (non-hydrogen) atoms. The summed E-state index contributed by atoms with van der Waals surface area (Å²) in [5.41, 5.74) is 1.24. The zero-order valence-corrected chi connectivity index (χ0v) is 12.4. The lowest BCUT2D eigenvalue weighted by Crippen LogP contribution is -2.40. The molecular weight excluding hydrogens is 236 g/mol.